The molecule has 1 aromatic rings. The van der Waals surface area contributed by atoms with Gasteiger partial charge in [0, 0.05) is 38.4 Å². The van der Waals surface area contributed by atoms with Crippen molar-refractivity contribution in [3.05, 3.63) is 30.1 Å². The van der Waals surface area contributed by atoms with Crippen LogP contribution in [0, 0.1) is 5.82 Å². The topological polar surface area (TPSA) is 43.8 Å². The molecule has 1 aliphatic heterocycles. The fourth-order valence-corrected chi connectivity index (χ4v) is 2.16. The fourth-order valence-electron chi connectivity index (χ4n) is 2.16. The van der Waals surface area contributed by atoms with Crippen molar-refractivity contribution in [2.75, 3.05) is 37.6 Å². The van der Waals surface area contributed by atoms with Crippen LogP contribution in [0.3, 0.4) is 0 Å². The third-order valence-corrected chi connectivity index (χ3v) is 3.19. The molecule has 1 saturated heterocycles. The number of hydrogen-bond donors (Lipinski definition) is 1. The molecule has 0 unspecified atom stereocenters. The molecule has 1 aliphatic rings. The number of piperazine rings is 1. The van der Waals surface area contributed by atoms with Crippen LogP contribution in [0.4, 0.5) is 10.1 Å². The third-order valence-electron chi connectivity index (χ3n) is 3.19. The molecule has 0 spiro atoms. The van der Waals surface area contributed by atoms with Gasteiger partial charge in [0.05, 0.1) is 6.42 Å². The van der Waals surface area contributed by atoms with Crippen LogP contribution in [0.15, 0.2) is 24.3 Å². The fraction of sp³-hybridized carbons (Fsp3) is 0.462. The highest BCUT2D eigenvalue weighted by Crippen LogP contribution is 2.17. The number of hydrogen-bond acceptors (Lipinski definition) is 3. The first kappa shape index (κ1) is 12.8. The number of carbonyl (C=O) groups is 1. The monoisotopic (exact) mass is 252 g/mol. The summed E-state index contributed by atoms with van der Waals surface area (Å²) in [5, 5.41) is 8.63. The van der Waals surface area contributed by atoms with Crippen LogP contribution in [-0.4, -0.2) is 48.7 Å². The lowest BCUT2D eigenvalue weighted by Gasteiger charge is -2.35. The maximum atomic E-state index is 13.1. The summed E-state index contributed by atoms with van der Waals surface area (Å²) in [6.07, 6.45) is 0.181. The van der Waals surface area contributed by atoms with E-state index in [2.05, 4.69) is 9.80 Å². The van der Waals surface area contributed by atoms with Crippen LogP contribution in [-0.2, 0) is 4.79 Å². The molecule has 2 rings (SSSR count). The highest BCUT2D eigenvalue weighted by molar-refractivity contribution is 5.66. The Morgan fingerprint density at radius 3 is 2.61 bits per heavy atom. The van der Waals surface area contributed by atoms with Crippen LogP contribution in [0.1, 0.15) is 6.42 Å². The second-order valence-corrected chi connectivity index (χ2v) is 4.45. The van der Waals surface area contributed by atoms with E-state index in [0.29, 0.717) is 6.54 Å². The van der Waals surface area contributed by atoms with Crippen LogP contribution < -0.4 is 4.90 Å². The Hall–Kier alpha value is -1.62. The summed E-state index contributed by atoms with van der Waals surface area (Å²) in [7, 11) is 0. The van der Waals surface area contributed by atoms with Gasteiger partial charge in [0.2, 0.25) is 0 Å². The molecule has 1 fully saturated rings. The molecule has 0 radical (unpaired) electrons. The minimum absolute atomic E-state index is 0.181. The first-order valence-corrected chi connectivity index (χ1v) is 6.10. The lowest BCUT2D eigenvalue weighted by Crippen LogP contribution is -2.46. The Kier molecular flexibility index (Phi) is 4.15. The number of benzene rings is 1. The van der Waals surface area contributed by atoms with Gasteiger partial charge >= 0.3 is 5.97 Å². The van der Waals surface area contributed by atoms with Crippen molar-refractivity contribution in [3.8, 4) is 0 Å². The maximum absolute atomic E-state index is 13.1. The largest absolute Gasteiger partial charge is 0.481 e. The Morgan fingerprint density at radius 1 is 1.28 bits per heavy atom. The predicted molar refractivity (Wildman–Crippen MR) is 67.3 cm³/mol. The van der Waals surface area contributed by atoms with Crippen LogP contribution in [0.25, 0.3) is 0 Å². The van der Waals surface area contributed by atoms with E-state index in [1.807, 2.05) is 6.07 Å². The zero-order valence-corrected chi connectivity index (χ0v) is 10.2. The number of rotatable bonds is 4. The quantitative estimate of drug-likeness (QED) is 0.880. The first-order valence-electron chi connectivity index (χ1n) is 6.10. The number of carboxylic acids is 1. The Balaban J connectivity index is 1.85. The van der Waals surface area contributed by atoms with E-state index in [1.165, 1.54) is 12.1 Å². The van der Waals surface area contributed by atoms with Gasteiger partial charge in [-0.25, -0.2) is 4.39 Å². The van der Waals surface area contributed by atoms with Crippen molar-refractivity contribution >= 4 is 11.7 Å². The van der Waals surface area contributed by atoms with Crippen molar-refractivity contribution in [1.29, 1.82) is 0 Å². The molecule has 4 nitrogen and oxygen atoms in total. The van der Waals surface area contributed by atoms with Gasteiger partial charge in [-0.3, -0.25) is 9.69 Å². The summed E-state index contributed by atoms with van der Waals surface area (Å²) in [6.45, 7) is 3.85. The minimum atomic E-state index is -0.762. The van der Waals surface area contributed by atoms with E-state index >= 15 is 0 Å². The second-order valence-electron chi connectivity index (χ2n) is 4.45. The summed E-state index contributed by atoms with van der Waals surface area (Å²) in [6, 6.07) is 6.58. The van der Waals surface area contributed by atoms with Crippen molar-refractivity contribution in [3.63, 3.8) is 0 Å². The second kappa shape index (κ2) is 5.82. The number of nitrogens with zero attached hydrogens (tertiary/aromatic N) is 2. The van der Waals surface area contributed by atoms with Gasteiger partial charge in [-0.2, -0.15) is 0 Å². The zero-order chi connectivity index (χ0) is 13.0. The van der Waals surface area contributed by atoms with Crippen molar-refractivity contribution < 1.29 is 14.3 Å². The van der Waals surface area contributed by atoms with E-state index in [4.69, 9.17) is 5.11 Å². The van der Waals surface area contributed by atoms with E-state index in [-0.39, 0.29) is 12.2 Å². The lowest BCUT2D eigenvalue weighted by molar-refractivity contribution is -0.137. The first-order chi connectivity index (χ1) is 8.65. The van der Waals surface area contributed by atoms with E-state index < -0.39 is 5.97 Å². The normalized spacial score (nSPS) is 16.8. The number of halogens is 1. The lowest BCUT2D eigenvalue weighted by atomic mass is 10.2. The van der Waals surface area contributed by atoms with Gasteiger partial charge in [0.25, 0.3) is 0 Å². The summed E-state index contributed by atoms with van der Waals surface area (Å²) in [5.74, 6) is -0.983. The van der Waals surface area contributed by atoms with Crippen LogP contribution in [0.5, 0.6) is 0 Å². The Bertz CT molecular complexity index is 417. The smallest absolute Gasteiger partial charge is 0.304 e. The Labute approximate surface area is 106 Å². The van der Waals surface area contributed by atoms with Gasteiger partial charge in [0.15, 0.2) is 0 Å². The van der Waals surface area contributed by atoms with E-state index in [0.717, 1.165) is 31.9 Å². The molecule has 18 heavy (non-hydrogen) atoms. The average molecular weight is 252 g/mol. The molecule has 0 amide bonds. The summed E-state index contributed by atoms with van der Waals surface area (Å²) >= 11 is 0. The van der Waals surface area contributed by atoms with Crippen LogP contribution >= 0.6 is 0 Å². The highest BCUT2D eigenvalue weighted by Gasteiger charge is 2.17. The van der Waals surface area contributed by atoms with Crippen LogP contribution in [0.2, 0.25) is 0 Å². The average Bonchev–Trinajstić information content (AvgIpc) is 2.37. The van der Waals surface area contributed by atoms with Crippen molar-refractivity contribution in [2.45, 2.75) is 6.42 Å². The molecule has 5 heteroatoms. The molecular weight excluding hydrogens is 235 g/mol. The Morgan fingerprint density at radius 2 is 2.00 bits per heavy atom. The number of anilines is 1. The summed E-state index contributed by atoms with van der Waals surface area (Å²) < 4.78 is 13.1. The molecule has 98 valence electrons. The van der Waals surface area contributed by atoms with E-state index in [9.17, 15) is 9.18 Å². The summed E-state index contributed by atoms with van der Waals surface area (Å²) in [5.41, 5.74) is 0.896. The van der Waals surface area contributed by atoms with Gasteiger partial charge in [-0.05, 0) is 18.2 Å². The van der Waals surface area contributed by atoms with Gasteiger partial charge in [-0.15, -0.1) is 0 Å². The van der Waals surface area contributed by atoms with Gasteiger partial charge < -0.3 is 10.0 Å². The summed E-state index contributed by atoms with van der Waals surface area (Å²) in [4.78, 5) is 14.7. The predicted octanol–water partition coefficient (Wildman–Crippen LogP) is 1.42. The number of carboxylic acid groups (broad SMARTS) is 1. The zero-order valence-electron chi connectivity index (χ0n) is 10.2. The minimum Gasteiger partial charge on any atom is -0.481 e. The number of aliphatic carboxylic acids is 1. The molecule has 0 aliphatic carbocycles. The standard InChI is InChI=1S/C13H17FN2O2/c14-11-2-1-3-12(10-11)16-8-6-15(7-9-16)5-4-13(17)18/h1-3,10H,4-9H2,(H,17,18). The molecule has 0 saturated carbocycles. The third kappa shape index (κ3) is 3.43. The molecule has 0 bridgehead atoms. The highest BCUT2D eigenvalue weighted by atomic mass is 19.1. The maximum Gasteiger partial charge on any atom is 0.304 e. The van der Waals surface area contributed by atoms with Crippen molar-refractivity contribution in [1.82, 2.24) is 4.90 Å². The molecule has 0 atom stereocenters. The van der Waals surface area contributed by atoms with E-state index in [1.54, 1.807) is 6.07 Å². The molecule has 0 aromatic heterocycles. The molecule has 1 aromatic carbocycles. The molecule has 1 heterocycles. The van der Waals surface area contributed by atoms with Gasteiger partial charge in [0.1, 0.15) is 5.82 Å². The van der Waals surface area contributed by atoms with Crippen molar-refractivity contribution in [2.24, 2.45) is 0 Å². The van der Waals surface area contributed by atoms with Gasteiger partial charge in [-0.1, -0.05) is 6.07 Å². The molecule has 1 N–H and O–H groups in total. The SMILES string of the molecule is O=C(O)CCN1CCN(c2cccc(F)c2)CC1. The molecular formula is C13H17FN2O2.